The maximum Gasteiger partial charge on any atom is 0.335 e. The van der Waals surface area contributed by atoms with Crippen LogP contribution in [0.3, 0.4) is 0 Å². The summed E-state index contributed by atoms with van der Waals surface area (Å²) in [6.07, 6.45) is 0.517. The molecule has 0 spiro atoms. The number of ether oxygens (including phenoxy) is 2. The average molecular weight is 379 g/mol. The summed E-state index contributed by atoms with van der Waals surface area (Å²) in [4.78, 5) is 12.3. The Bertz CT molecular complexity index is 404. The van der Waals surface area contributed by atoms with Crippen molar-refractivity contribution in [3.05, 3.63) is 23.6 Å². The van der Waals surface area contributed by atoms with Gasteiger partial charge in [-0.2, -0.15) is 0 Å². The highest BCUT2D eigenvalue weighted by Gasteiger charge is 2.27. The van der Waals surface area contributed by atoms with Crippen molar-refractivity contribution >= 4 is 42.1 Å². The fourth-order valence-corrected chi connectivity index (χ4v) is 10.0. The molecule has 0 aliphatic carbocycles. The summed E-state index contributed by atoms with van der Waals surface area (Å²) >= 11 is 0. The number of rotatable bonds is 11. The SMILES string of the molecule is C=C(C)C(=O)OCOC[SiH2]O[Si](C)(C)C(=C)[SiH2]O[Si](C)(C)C. The third kappa shape index (κ3) is 10.4. The highest BCUT2D eigenvalue weighted by atomic mass is 28.4. The zero-order chi connectivity index (χ0) is 17.4. The van der Waals surface area contributed by atoms with Gasteiger partial charge in [-0.3, -0.25) is 0 Å². The van der Waals surface area contributed by atoms with Crippen LogP contribution in [0.2, 0.25) is 32.7 Å². The van der Waals surface area contributed by atoms with Gasteiger partial charge in [0.1, 0.15) is 0 Å². The Labute approximate surface area is 141 Å². The van der Waals surface area contributed by atoms with Gasteiger partial charge in [-0.25, -0.2) is 4.79 Å². The quantitative estimate of drug-likeness (QED) is 0.178. The number of hydrogen-bond acceptors (Lipinski definition) is 5. The van der Waals surface area contributed by atoms with E-state index in [1.807, 2.05) is 0 Å². The normalized spacial score (nSPS) is 13.2. The van der Waals surface area contributed by atoms with Crippen LogP contribution >= 0.6 is 0 Å². The second-order valence-corrected chi connectivity index (χ2v) is 19.5. The second-order valence-electron chi connectivity index (χ2n) is 6.60. The van der Waals surface area contributed by atoms with E-state index in [1.54, 1.807) is 6.92 Å². The summed E-state index contributed by atoms with van der Waals surface area (Å²) in [5.41, 5.74) is 0.370. The largest absolute Gasteiger partial charge is 0.457 e. The molecule has 9 heteroatoms. The van der Waals surface area contributed by atoms with Crippen LogP contribution in [0.1, 0.15) is 6.92 Å². The lowest BCUT2D eigenvalue weighted by atomic mass is 10.4. The average Bonchev–Trinajstić information content (AvgIpc) is 2.38. The van der Waals surface area contributed by atoms with Gasteiger partial charge in [-0.15, -0.1) is 6.58 Å². The Balaban J connectivity index is 3.90. The van der Waals surface area contributed by atoms with Crippen LogP contribution in [0.5, 0.6) is 0 Å². The van der Waals surface area contributed by atoms with Crippen molar-refractivity contribution in [3.63, 3.8) is 0 Å². The Hall–Kier alpha value is -0.302. The fraction of sp³-hybridized carbons (Fsp3) is 0.615. The summed E-state index contributed by atoms with van der Waals surface area (Å²) in [6.45, 7) is 20.1. The van der Waals surface area contributed by atoms with Crippen molar-refractivity contribution in [2.75, 3.05) is 13.0 Å². The number of carbonyl (C=O) groups is 1. The van der Waals surface area contributed by atoms with Crippen molar-refractivity contribution in [2.24, 2.45) is 0 Å². The van der Waals surface area contributed by atoms with Crippen molar-refractivity contribution in [1.82, 2.24) is 0 Å². The molecule has 0 N–H and O–H groups in total. The second kappa shape index (κ2) is 9.75. The number of hydrogen-bond donors (Lipinski definition) is 0. The first-order chi connectivity index (χ1) is 9.96. The van der Waals surface area contributed by atoms with Crippen LogP contribution in [0, 0.1) is 0 Å². The van der Waals surface area contributed by atoms with E-state index < -0.39 is 42.1 Å². The maximum absolute atomic E-state index is 11.1. The molecule has 128 valence electrons. The van der Waals surface area contributed by atoms with E-state index >= 15 is 0 Å². The molecule has 0 aromatic heterocycles. The van der Waals surface area contributed by atoms with E-state index in [2.05, 4.69) is 45.9 Å². The summed E-state index contributed by atoms with van der Waals surface area (Å²) in [5, 5.41) is 0. The summed E-state index contributed by atoms with van der Waals surface area (Å²) in [6, 6.07) is 0. The zero-order valence-corrected chi connectivity index (χ0v) is 19.6. The first kappa shape index (κ1) is 21.7. The summed E-state index contributed by atoms with van der Waals surface area (Å²) < 4.78 is 22.2. The predicted octanol–water partition coefficient (Wildman–Crippen LogP) is 1.33. The first-order valence-corrected chi connectivity index (χ1v) is 16.5. The monoisotopic (exact) mass is 378 g/mol. The van der Waals surface area contributed by atoms with Gasteiger partial charge >= 0.3 is 5.97 Å². The van der Waals surface area contributed by atoms with E-state index in [-0.39, 0.29) is 6.79 Å². The summed E-state index contributed by atoms with van der Waals surface area (Å²) in [5.74, 6) is -0.430. The molecule has 0 atom stereocenters. The minimum absolute atomic E-state index is 0.0432. The molecule has 0 aromatic carbocycles. The minimum Gasteiger partial charge on any atom is -0.457 e. The minimum atomic E-state index is -1.88. The Kier molecular flexibility index (Phi) is 9.62. The smallest absolute Gasteiger partial charge is 0.335 e. The molecule has 5 nitrogen and oxygen atoms in total. The fourth-order valence-electron chi connectivity index (χ4n) is 1.21. The van der Waals surface area contributed by atoms with Crippen LogP contribution in [0.4, 0.5) is 0 Å². The molecule has 0 aliphatic heterocycles. The van der Waals surface area contributed by atoms with E-state index in [0.29, 0.717) is 11.8 Å². The van der Waals surface area contributed by atoms with E-state index in [0.717, 1.165) is 0 Å². The molecular formula is C13H30O5Si4. The third-order valence-corrected chi connectivity index (χ3v) is 16.1. The van der Waals surface area contributed by atoms with Gasteiger partial charge in [0.05, 0.1) is 6.23 Å². The van der Waals surface area contributed by atoms with Gasteiger partial charge < -0.3 is 17.7 Å². The Morgan fingerprint density at radius 2 is 1.68 bits per heavy atom. The van der Waals surface area contributed by atoms with Crippen molar-refractivity contribution in [2.45, 2.75) is 39.7 Å². The maximum atomic E-state index is 11.1. The third-order valence-electron chi connectivity index (χ3n) is 2.84. The van der Waals surface area contributed by atoms with Gasteiger partial charge in [-0.1, -0.05) is 11.4 Å². The van der Waals surface area contributed by atoms with E-state index in [1.165, 1.54) is 4.82 Å². The molecule has 0 radical (unpaired) electrons. The lowest BCUT2D eigenvalue weighted by Crippen LogP contribution is -2.41. The highest BCUT2D eigenvalue weighted by molar-refractivity contribution is 6.92. The molecule has 22 heavy (non-hydrogen) atoms. The van der Waals surface area contributed by atoms with Gasteiger partial charge in [0, 0.05) is 5.57 Å². The van der Waals surface area contributed by atoms with Gasteiger partial charge in [0.25, 0.3) is 0 Å². The molecule has 0 aliphatic rings. The van der Waals surface area contributed by atoms with Gasteiger partial charge in [-0.05, 0) is 39.7 Å². The van der Waals surface area contributed by atoms with Gasteiger partial charge in [0.2, 0.25) is 0 Å². The van der Waals surface area contributed by atoms with Crippen LogP contribution < -0.4 is 0 Å². The van der Waals surface area contributed by atoms with Crippen molar-refractivity contribution in [3.8, 4) is 0 Å². The van der Waals surface area contributed by atoms with Crippen molar-refractivity contribution in [1.29, 1.82) is 0 Å². The summed E-state index contributed by atoms with van der Waals surface area (Å²) in [7, 11) is -4.89. The van der Waals surface area contributed by atoms with Crippen LogP contribution in [0.15, 0.2) is 23.6 Å². The van der Waals surface area contributed by atoms with Crippen LogP contribution in [0.25, 0.3) is 0 Å². The topological polar surface area (TPSA) is 54.0 Å². The van der Waals surface area contributed by atoms with E-state index in [4.69, 9.17) is 17.7 Å². The van der Waals surface area contributed by atoms with Crippen molar-refractivity contribution < 1.29 is 22.5 Å². The Morgan fingerprint density at radius 1 is 1.09 bits per heavy atom. The number of esters is 1. The molecule has 0 saturated carbocycles. The lowest BCUT2D eigenvalue weighted by Gasteiger charge is -2.28. The number of carbonyl (C=O) groups excluding carboxylic acids is 1. The molecule has 0 aromatic rings. The van der Waals surface area contributed by atoms with Gasteiger partial charge in [0.15, 0.2) is 43.0 Å². The highest BCUT2D eigenvalue weighted by Crippen LogP contribution is 2.15. The lowest BCUT2D eigenvalue weighted by molar-refractivity contribution is -0.150. The molecule has 0 amide bonds. The molecule has 0 bridgehead atoms. The molecule has 0 fully saturated rings. The molecule has 0 rings (SSSR count). The standard InChI is InChI=1S/C13H30O5Si4/c1-11(2)13(14)16-9-15-10-19-17-22(7,8)12(3)20-18-21(4,5)6/h1,3,9-10,19-20H2,2,4-8H3. The molecule has 0 unspecified atom stereocenters. The predicted molar refractivity (Wildman–Crippen MR) is 101 cm³/mol. The zero-order valence-electron chi connectivity index (χ0n) is 14.8. The Morgan fingerprint density at radius 3 is 2.18 bits per heavy atom. The molecule has 0 saturated heterocycles. The van der Waals surface area contributed by atoms with Crippen LogP contribution in [-0.2, 0) is 22.5 Å². The first-order valence-electron chi connectivity index (χ1n) is 7.32. The molecular weight excluding hydrogens is 348 g/mol. The molecule has 0 heterocycles. The van der Waals surface area contributed by atoms with E-state index in [9.17, 15) is 4.79 Å². The van der Waals surface area contributed by atoms with Crippen LogP contribution in [-0.4, -0.2) is 55.2 Å².